The number of allylic oxidation sites excluding steroid dienone is 1. The van der Waals surface area contributed by atoms with Crippen LogP contribution in [0.3, 0.4) is 0 Å². The minimum atomic E-state index is 0.0366. The molecule has 0 aliphatic heterocycles. The van der Waals surface area contributed by atoms with Gasteiger partial charge >= 0.3 is 5.97 Å². The van der Waals surface area contributed by atoms with E-state index in [1.54, 1.807) is 0 Å². The monoisotopic (exact) mass is 861 g/mol. The zero-order chi connectivity index (χ0) is 44.7. The van der Waals surface area contributed by atoms with Crippen molar-refractivity contribution in [1.82, 2.24) is 0 Å². The van der Waals surface area contributed by atoms with Gasteiger partial charge in [-0.1, -0.05) is 228 Å². The third kappa shape index (κ3) is 12.8. The number of hydrogen-bond acceptors (Lipinski definition) is 2. The highest BCUT2D eigenvalue weighted by molar-refractivity contribution is 5.69. The summed E-state index contributed by atoms with van der Waals surface area (Å²) in [6, 6.07) is 0. The average molecular weight is 862 g/mol. The highest BCUT2D eigenvalue weighted by Gasteiger charge is 2.70. The van der Waals surface area contributed by atoms with Crippen molar-refractivity contribution in [1.29, 1.82) is 0 Å². The molecule has 0 unspecified atom stereocenters. The van der Waals surface area contributed by atoms with Gasteiger partial charge in [0.2, 0.25) is 0 Å². The van der Waals surface area contributed by atoms with Crippen LogP contribution in [0.4, 0.5) is 0 Å². The van der Waals surface area contributed by atoms with Crippen LogP contribution in [0.5, 0.6) is 0 Å². The Hall–Kier alpha value is -0.790. The van der Waals surface area contributed by atoms with E-state index in [2.05, 4.69) is 62.0 Å². The quantitative estimate of drug-likeness (QED) is 0.0409. The van der Waals surface area contributed by atoms with Gasteiger partial charge in [-0.05, 0) is 129 Å². The molecule has 0 spiro atoms. The SMILES string of the molecule is C=C(C)[C@@H]1CC[C@]2(C)CC[C@]3(C)[C@H](CC[C@@H]4[C@@]5(C)CC[C@H](OC(=O)CCCCCCCCCCCCCCCCCCCCCCCCCCCCC)C(C)(C)[C@@H]5CC[C@]43C)[C@@H]12. The summed E-state index contributed by atoms with van der Waals surface area (Å²) in [6.07, 6.45) is 52.2. The van der Waals surface area contributed by atoms with Crippen molar-refractivity contribution < 1.29 is 9.53 Å². The summed E-state index contributed by atoms with van der Waals surface area (Å²) in [7, 11) is 0. The number of hydrogen-bond donors (Lipinski definition) is 0. The molecule has 2 nitrogen and oxygen atoms in total. The summed E-state index contributed by atoms with van der Waals surface area (Å²) in [5.74, 6) is 3.89. The van der Waals surface area contributed by atoms with Crippen molar-refractivity contribution in [3.05, 3.63) is 12.2 Å². The molecule has 0 radical (unpaired) electrons. The molecule has 5 fully saturated rings. The van der Waals surface area contributed by atoms with E-state index in [1.807, 2.05) is 0 Å². The Morgan fingerprint density at radius 1 is 0.500 bits per heavy atom. The molecule has 0 aromatic rings. The summed E-state index contributed by atoms with van der Waals surface area (Å²) in [6.45, 7) is 25.0. The highest BCUT2D eigenvalue weighted by Crippen LogP contribution is 2.77. The molecular formula is C60H108O2. The van der Waals surface area contributed by atoms with Gasteiger partial charge in [-0.25, -0.2) is 0 Å². The Morgan fingerprint density at radius 2 is 0.968 bits per heavy atom. The van der Waals surface area contributed by atoms with Crippen LogP contribution in [-0.2, 0) is 9.53 Å². The van der Waals surface area contributed by atoms with Gasteiger partial charge < -0.3 is 4.74 Å². The Labute approximate surface area is 388 Å². The van der Waals surface area contributed by atoms with E-state index in [0.29, 0.717) is 34.0 Å². The van der Waals surface area contributed by atoms with E-state index in [-0.39, 0.29) is 17.5 Å². The van der Waals surface area contributed by atoms with Crippen LogP contribution in [0, 0.1) is 56.7 Å². The standard InChI is InChI=1S/C60H108O2/c1-10-11-12-13-14-15-16-17-18-19-20-21-22-23-24-25-26-27-28-29-30-31-32-33-34-35-36-37-54(61)62-53-42-44-58(7)51(56(53,4)5)41-45-60(9)52(58)39-38-50-55-49(48(2)3)40-43-57(55,6)46-47-59(50,60)8/h49-53,55H,2,10-47H2,1,3-9H3/t49-,50+,51-,52+,53-,55+,57+,58-,59+,60+/m0/s1. The van der Waals surface area contributed by atoms with Gasteiger partial charge in [-0.15, -0.1) is 0 Å². The van der Waals surface area contributed by atoms with Crippen molar-refractivity contribution in [2.24, 2.45) is 56.7 Å². The second kappa shape index (κ2) is 24.8. The molecule has 5 saturated carbocycles. The molecule has 5 aliphatic carbocycles. The summed E-state index contributed by atoms with van der Waals surface area (Å²) in [5, 5.41) is 0. The van der Waals surface area contributed by atoms with Crippen LogP contribution in [0.25, 0.3) is 0 Å². The lowest BCUT2D eigenvalue weighted by molar-refractivity contribution is -0.249. The minimum absolute atomic E-state index is 0.0366. The molecule has 360 valence electrons. The van der Waals surface area contributed by atoms with Crippen LogP contribution >= 0.6 is 0 Å². The lowest BCUT2D eigenvalue weighted by atomic mass is 9.32. The van der Waals surface area contributed by atoms with Crippen LogP contribution in [0.1, 0.15) is 299 Å². The summed E-state index contributed by atoms with van der Waals surface area (Å²) >= 11 is 0. The second-order valence-electron chi connectivity index (χ2n) is 25.1. The van der Waals surface area contributed by atoms with E-state index in [9.17, 15) is 4.79 Å². The molecule has 10 atom stereocenters. The molecule has 0 N–H and O–H groups in total. The van der Waals surface area contributed by atoms with Crippen LogP contribution in [0.15, 0.2) is 12.2 Å². The Bertz CT molecular complexity index is 1310. The Kier molecular flexibility index (Phi) is 20.9. The smallest absolute Gasteiger partial charge is 0.306 e. The van der Waals surface area contributed by atoms with Gasteiger partial charge in [0.1, 0.15) is 6.10 Å². The van der Waals surface area contributed by atoms with E-state index in [0.717, 1.165) is 36.5 Å². The number of rotatable bonds is 30. The molecule has 0 amide bonds. The third-order valence-electron chi connectivity index (χ3n) is 20.7. The maximum absolute atomic E-state index is 13.3. The molecule has 0 bridgehead atoms. The Morgan fingerprint density at radius 3 is 1.44 bits per heavy atom. The minimum Gasteiger partial charge on any atom is -0.462 e. The van der Waals surface area contributed by atoms with Crippen LogP contribution in [-0.4, -0.2) is 12.1 Å². The molecule has 5 rings (SSSR count). The third-order valence-corrected chi connectivity index (χ3v) is 20.7. The van der Waals surface area contributed by atoms with Crippen LogP contribution < -0.4 is 0 Å². The zero-order valence-corrected chi connectivity index (χ0v) is 43.4. The summed E-state index contributed by atoms with van der Waals surface area (Å²) < 4.78 is 6.47. The van der Waals surface area contributed by atoms with Gasteiger partial charge in [0, 0.05) is 11.8 Å². The topological polar surface area (TPSA) is 26.3 Å². The fraction of sp³-hybridized carbons (Fsp3) is 0.950. The first-order valence-corrected chi connectivity index (χ1v) is 28.6. The maximum Gasteiger partial charge on any atom is 0.306 e. The van der Waals surface area contributed by atoms with Crippen molar-refractivity contribution in [2.45, 2.75) is 305 Å². The first-order valence-electron chi connectivity index (χ1n) is 28.6. The zero-order valence-electron chi connectivity index (χ0n) is 43.4. The predicted molar refractivity (Wildman–Crippen MR) is 269 cm³/mol. The molecular weight excluding hydrogens is 753 g/mol. The first kappa shape index (κ1) is 52.2. The first-order chi connectivity index (χ1) is 29.7. The number of carbonyl (C=O) groups is 1. The van der Waals surface area contributed by atoms with E-state index in [1.165, 1.54) is 230 Å². The van der Waals surface area contributed by atoms with Gasteiger partial charge in [-0.3, -0.25) is 4.79 Å². The number of esters is 1. The van der Waals surface area contributed by atoms with Gasteiger partial charge in [0.05, 0.1) is 0 Å². The van der Waals surface area contributed by atoms with E-state index >= 15 is 0 Å². The van der Waals surface area contributed by atoms with Gasteiger partial charge in [0.15, 0.2) is 0 Å². The van der Waals surface area contributed by atoms with Crippen molar-refractivity contribution >= 4 is 5.97 Å². The van der Waals surface area contributed by atoms with Gasteiger partial charge in [-0.2, -0.15) is 0 Å². The molecule has 5 aliphatic rings. The number of unbranched alkanes of at least 4 members (excludes halogenated alkanes) is 26. The lowest BCUT2D eigenvalue weighted by Gasteiger charge is -2.73. The molecule has 0 aromatic heterocycles. The largest absolute Gasteiger partial charge is 0.462 e. The maximum atomic E-state index is 13.3. The molecule has 0 heterocycles. The second-order valence-corrected chi connectivity index (χ2v) is 25.1. The Balaban J connectivity index is 0.865. The summed E-state index contributed by atoms with van der Waals surface area (Å²) in [5.41, 5.74) is 3.17. The van der Waals surface area contributed by atoms with Crippen molar-refractivity contribution in [3.8, 4) is 0 Å². The number of ether oxygens (including phenoxy) is 1. The van der Waals surface area contributed by atoms with Crippen molar-refractivity contribution in [2.75, 3.05) is 0 Å². The average Bonchev–Trinajstić information content (AvgIpc) is 3.59. The normalized spacial score (nSPS) is 34.8. The lowest BCUT2D eigenvalue weighted by Crippen LogP contribution is -2.66. The highest BCUT2D eigenvalue weighted by atomic mass is 16.5. The van der Waals surface area contributed by atoms with Gasteiger partial charge in [0.25, 0.3) is 0 Å². The van der Waals surface area contributed by atoms with E-state index in [4.69, 9.17) is 4.74 Å². The predicted octanol–water partition coefficient (Wildman–Crippen LogP) is 19.5. The fourth-order valence-electron chi connectivity index (χ4n) is 16.7. The molecule has 0 saturated heterocycles. The number of carbonyl (C=O) groups excluding carboxylic acids is 1. The molecule has 62 heavy (non-hydrogen) atoms. The number of fused-ring (bicyclic) bond motifs is 7. The van der Waals surface area contributed by atoms with Crippen LogP contribution in [0.2, 0.25) is 0 Å². The fourth-order valence-corrected chi connectivity index (χ4v) is 16.7. The van der Waals surface area contributed by atoms with Crippen molar-refractivity contribution in [3.63, 3.8) is 0 Å². The van der Waals surface area contributed by atoms with E-state index < -0.39 is 0 Å². The molecule has 2 heteroatoms. The molecule has 0 aromatic carbocycles. The summed E-state index contributed by atoms with van der Waals surface area (Å²) in [4.78, 5) is 13.3.